The molecule has 14 rings (SSSR count). The minimum Gasteiger partial charge on any atom is -0.341 e. The first-order valence-electron chi connectivity index (χ1n) is 24.1. The molecule has 0 radical (unpaired) electrons. The molecule has 5 heteroatoms. The molecule has 10 aromatic rings. The standard InChI is InChI=1S/C63H47N5/c1-2-17-40(18-3-1)47-25-10-11-29-52(47)62-64-61(65-63(66-62)53-30-16-23-41-19-6-8-24-48(41)53)45-35-44-22-7-9-26-49(44)59(38-45)68-58-34-33-46(39-55(58)54-36-42-20-4-5-21-43(42)37-60(54)68)67-56-31-14-12-27-50(56)51-28-13-15-32-57(51)67/h1-32,35,37-39,54-55,58,63H,33-34,36H2,(H,64,65,66). The molecule has 1 saturated heterocycles. The van der Waals surface area contributed by atoms with Crippen LogP contribution in [0.15, 0.2) is 228 Å². The van der Waals surface area contributed by atoms with Crippen LogP contribution in [0.3, 0.4) is 0 Å². The summed E-state index contributed by atoms with van der Waals surface area (Å²) in [5.74, 6) is 2.27. The largest absolute Gasteiger partial charge is 0.341 e. The lowest BCUT2D eigenvalue weighted by Crippen LogP contribution is -2.37. The number of amidine groups is 2. The lowest BCUT2D eigenvalue weighted by molar-refractivity contribution is 0.422. The molecule has 1 N–H and O–H groups in total. The van der Waals surface area contributed by atoms with Gasteiger partial charge < -0.3 is 14.8 Å². The first kappa shape index (κ1) is 38.9. The van der Waals surface area contributed by atoms with Gasteiger partial charge in [0.2, 0.25) is 0 Å². The number of hydrogen-bond donors (Lipinski definition) is 1. The van der Waals surface area contributed by atoms with Crippen LogP contribution in [0.4, 0.5) is 5.69 Å². The van der Waals surface area contributed by atoms with Crippen LogP contribution in [0.5, 0.6) is 0 Å². The van der Waals surface area contributed by atoms with Gasteiger partial charge in [0, 0.05) is 67.8 Å². The Labute approximate surface area is 395 Å². The number of allylic oxidation sites excluding steroid dienone is 2. The van der Waals surface area contributed by atoms with Crippen molar-refractivity contribution in [1.82, 2.24) is 9.88 Å². The molecule has 2 aliphatic heterocycles. The van der Waals surface area contributed by atoms with Crippen molar-refractivity contribution in [3.63, 3.8) is 0 Å². The molecule has 1 fully saturated rings. The number of rotatable bonds is 6. The Morgan fingerprint density at radius 1 is 0.515 bits per heavy atom. The average Bonchev–Trinajstić information content (AvgIpc) is 3.91. The molecule has 4 aliphatic rings. The summed E-state index contributed by atoms with van der Waals surface area (Å²) in [5.41, 5.74) is 14.8. The number of aliphatic imine (C=N–C) groups is 2. The number of anilines is 1. The lowest BCUT2D eigenvalue weighted by Gasteiger charge is -2.34. The van der Waals surface area contributed by atoms with Gasteiger partial charge in [-0.3, -0.25) is 0 Å². The Balaban J connectivity index is 0.945. The first-order chi connectivity index (χ1) is 33.7. The van der Waals surface area contributed by atoms with E-state index < -0.39 is 6.17 Å². The maximum absolute atomic E-state index is 5.58. The number of fused-ring (bicyclic) bond motifs is 9. The summed E-state index contributed by atoms with van der Waals surface area (Å²) in [6, 6.07) is 75.2. The third kappa shape index (κ3) is 6.22. The van der Waals surface area contributed by atoms with Gasteiger partial charge in [0.15, 0.2) is 6.17 Å². The Morgan fingerprint density at radius 3 is 1.99 bits per heavy atom. The highest BCUT2D eigenvalue weighted by Crippen LogP contribution is 2.53. The van der Waals surface area contributed by atoms with E-state index in [9.17, 15) is 0 Å². The molecule has 324 valence electrons. The predicted octanol–water partition coefficient (Wildman–Crippen LogP) is 14.6. The smallest absolute Gasteiger partial charge is 0.170 e. The molecular formula is C63H47N5. The maximum Gasteiger partial charge on any atom is 0.170 e. The molecular weight excluding hydrogens is 827 g/mol. The summed E-state index contributed by atoms with van der Waals surface area (Å²) < 4.78 is 2.56. The first-order valence-corrected chi connectivity index (χ1v) is 24.1. The molecule has 0 saturated carbocycles. The topological polar surface area (TPSA) is 44.9 Å². The Morgan fingerprint density at radius 2 is 1.16 bits per heavy atom. The van der Waals surface area contributed by atoms with E-state index in [4.69, 9.17) is 9.98 Å². The molecule has 9 aromatic carbocycles. The molecule has 4 atom stereocenters. The molecule has 0 spiro atoms. The minimum atomic E-state index is -0.466. The summed E-state index contributed by atoms with van der Waals surface area (Å²) >= 11 is 0. The normalized spacial score (nSPS) is 19.7. The summed E-state index contributed by atoms with van der Waals surface area (Å²) in [6.07, 6.45) is 7.74. The van der Waals surface area contributed by atoms with Crippen molar-refractivity contribution in [2.24, 2.45) is 21.8 Å². The highest BCUT2D eigenvalue weighted by molar-refractivity contribution is 6.19. The van der Waals surface area contributed by atoms with E-state index in [1.54, 1.807) is 0 Å². The molecule has 5 nitrogen and oxygen atoms in total. The minimum absolute atomic E-state index is 0.274. The highest BCUT2D eigenvalue weighted by Gasteiger charge is 2.48. The van der Waals surface area contributed by atoms with Crippen LogP contribution >= 0.6 is 0 Å². The number of nitrogens with zero attached hydrogens (tertiary/aromatic N) is 4. The van der Waals surface area contributed by atoms with Crippen LogP contribution in [0.2, 0.25) is 0 Å². The zero-order chi connectivity index (χ0) is 44.7. The van der Waals surface area contributed by atoms with Crippen molar-refractivity contribution < 1.29 is 0 Å². The van der Waals surface area contributed by atoms with Gasteiger partial charge in [-0.1, -0.05) is 188 Å². The zero-order valence-corrected chi connectivity index (χ0v) is 37.5. The van der Waals surface area contributed by atoms with Crippen molar-refractivity contribution in [3.8, 4) is 11.1 Å². The van der Waals surface area contributed by atoms with Gasteiger partial charge in [-0.15, -0.1) is 0 Å². The molecule has 2 aliphatic carbocycles. The lowest BCUT2D eigenvalue weighted by atomic mass is 9.77. The molecule has 0 amide bonds. The zero-order valence-electron chi connectivity index (χ0n) is 37.5. The van der Waals surface area contributed by atoms with Gasteiger partial charge in [-0.05, 0) is 88.0 Å². The van der Waals surface area contributed by atoms with E-state index in [0.29, 0.717) is 11.8 Å². The quantitative estimate of drug-likeness (QED) is 0.181. The number of benzene rings is 9. The van der Waals surface area contributed by atoms with Crippen LogP contribution in [0.25, 0.3) is 66.3 Å². The molecule has 3 heterocycles. The third-order valence-corrected chi connectivity index (χ3v) is 15.1. The van der Waals surface area contributed by atoms with Crippen LogP contribution in [0, 0.1) is 11.8 Å². The van der Waals surface area contributed by atoms with E-state index in [2.05, 4.69) is 233 Å². The Hall–Kier alpha value is -8.28. The number of hydrogen-bond acceptors (Lipinski definition) is 4. The van der Waals surface area contributed by atoms with Crippen molar-refractivity contribution in [1.29, 1.82) is 0 Å². The van der Waals surface area contributed by atoms with Gasteiger partial charge in [-0.2, -0.15) is 0 Å². The summed E-state index contributed by atoms with van der Waals surface area (Å²) in [4.78, 5) is 13.8. The van der Waals surface area contributed by atoms with Gasteiger partial charge in [0.1, 0.15) is 11.7 Å². The Kier molecular flexibility index (Phi) is 8.98. The second-order valence-corrected chi connectivity index (χ2v) is 18.8. The van der Waals surface area contributed by atoms with E-state index in [0.717, 1.165) is 64.1 Å². The predicted molar refractivity (Wildman–Crippen MR) is 283 cm³/mol. The Bertz CT molecular complexity index is 3740. The van der Waals surface area contributed by atoms with Crippen molar-refractivity contribution >= 4 is 72.5 Å². The molecule has 0 bridgehead atoms. The molecule has 4 unspecified atom stereocenters. The van der Waals surface area contributed by atoms with Crippen LogP contribution in [0.1, 0.15) is 46.8 Å². The molecule has 68 heavy (non-hydrogen) atoms. The van der Waals surface area contributed by atoms with Gasteiger partial charge in [0.25, 0.3) is 0 Å². The summed E-state index contributed by atoms with van der Waals surface area (Å²) in [7, 11) is 0. The monoisotopic (exact) mass is 873 g/mol. The van der Waals surface area contributed by atoms with Crippen LogP contribution < -0.4 is 10.2 Å². The fraction of sp³-hybridized carbons (Fsp3) is 0.111. The SMILES string of the molecule is C1=C2C(Cc3ccccc31)C1C=C(n3c4ccccc4c4ccccc43)CCC1N2c1cc(C2=NC(c3cccc4ccccc34)N=C(c3ccccc3-c3ccccc3)N2)cc2ccccc12. The van der Waals surface area contributed by atoms with Gasteiger partial charge in [-0.25, -0.2) is 9.98 Å². The van der Waals surface area contributed by atoms with Gasteiger partial charge in [0.05, 0.1) is 11.0 Å². The van der Waals surface area contributed by atoms with Crippen molar-refractivity contribution in [3.05, 3.63) is 246 Å². The van der Waals surface area contributed by atoms with E-state index in [1.807, 2.05) is 0 Å². The van der Waals surface area contributed by atoms with Gasteiger partial charge >= 0.3 is 0 Å². The summed E-state index contributed by atoms with van der Waals surface area (Å²) in [6.45, 7) is 0. The van der Waals surface area contributed by atoms with E-state index >= 15 is 0 Å². The summed E-state index contributed by atoms with van der Waals surface area (Å²) in [5, 5.41) is 11.3. The fourth-order valence-corrected chi connectivity index (χ4v) is 12.1. The second-order valence-electron chi connectivity index (χ2n) is 18.8. The van der Waals surface area contributed by atoms with E-state index in [1.165, 1.54) is 66.2 Å². The van der Waals surface area contributed by atoms with Crippen LogP contribution in [-0.2, 0) is 6.42 Å². The van der Waals surface area contributed by atoms with Crippen molar-refractivity contribution in [2.75, 3.05) is 4.90 Å². The third-order valence-electron chi connectivity index (χ3n) is 15.1. The molecule has 1 aromatic heterocycles. The second kappa shape index (κ2) is 15.7. The number of para-hydroxylation sites is 2. The average molecular weight is 874 g/mol. The van der Waals surface area contributed by atoms with Crippen molar-refractivity contribution in [2.45, 2.75) is 31.5 Å². The van der Waals surface area contributed by atoms with Crippen LogP contribution in [-0.4, -0.2) is 22.3 Å². The fourth-order valence-electron chi connectivity index (χ4n) is 12.1. The number of aromatic nitrogens is 1. The maximum atomic E-state index is 5.58. The number of nitrogens with one attached hydrogen (secondary N) is 1. The van der Waals surface area contributed by atoms with E-state index in [-0.39, 0.29) is 6.04 Å². The highest BCUT2D eigenvalue weighted by atomic mass is 15.2.